The number of hydrogen-bond acceptors (Lipinski definition) is 5. The van der Waals surface area contributed by atoms with Crippen LogP contribution in [0, 0.1) is 6.92 Å². The van der Waals surface area contributed by atoms with Crippen LogP contribution in [-0.2, 0) is 17.6 Å². The van der Waals surface area contributed by atoms with Crippen LogP contribution in [-0.4, -0.2) is 26.1 Å². The zero-order valence-corrected chi connectivity index (χ0v) is 14.3. The molecule has 136 valence electrons. The minimum Gasteiger partial charge on any atom is -0.273 e. The number of rotatable bonds is 4. The largest absolute Gasteiger partial charge is 0.394 e. The molecule has 0 radical (unpaired) electrons. The van der Waals surface area contributed by atoms with E-state index in [-0.39, 0.29) is 28.2 Å². The van der Waals surface area contributed by atoms with Gasteiger partial charge in [-0.3, -0.25) is 15.0 Å². The Morgan fingerprint density at radius 2 is 1.96 bits per heavy atom. The highest BCUT2D eigenvalue weighted by Crippen LogP contribution is 2.26. The molecular weight excluding hydrogens is 369 g/mol. The third kappa shape index (κ3) is 3.90. The lowest BCUT2D eigenvalue weighted by molar-refractivity contribution is -0.127. The summed E-state index contributed by atoms with van der Waals surface area (Å²) in [6.45, 7) is 1.43. The maximum Gasteiger partial charge on any atom is 0.394 e. The molecule has 0 fully saturated rings. The number of carbonyl (C=O) groups excluding carboxylic acids is 1. The Kier molecular flexibility index (Phi) is 4.77. The monoisotopic (exact) mass is 382 g/mol. The number of nitrogens with zero attached hydrogens (tertiary/aromatic N) is 3. The van der Waals surface area contributed by atoms with Gasteiger partial charge in [0.1, 0.15) is 16.0 Å². The van der Waals surface area contributed by atoms with Crippen LogP contribution in [0.1, 0.15) is 17.1 Å². The average Bonchev–Trinajstić information content (AvgIpc) is 2.93. The van der Waals surface area contributed by atoms with Gasteiger partial charge in [-0.2, -0.15) is 17.5 Å². The Labute approximate surface area is 149 Å². The molecule has 0 aliphatic heterocycles. The molecule has 0 atom stereocenters. The number of amides is 1. The molecule has 1 N–H and O–H groups in total. The zero-order chi connectivity index (χ0) is 18.9. The molecule has 0 unspecified atom stereocenters. The number of carbonyl (C=O) groups is 1. The fraction of sp³-hybridized carbons (Fsp3) is 0.250. The summed E-state index contributed by atoms with van der Waals surface area (Å²) < 4.78 is 42.4. The minimum atomic E-state index is -4.45. The fourth-order valence-electron chi connectivity index (χ4n) is 2.42. The number of benzene rings is 1. The third-order valence-electron chi connectivity index (χ3n) is 3.54. The standard InChI is InChI=1S/C16H13F3N4O2S/c1-9-20-13-11(8-16(17,18)19)22-26-14(13)15(25)23(9)21-12(24)7-10-5-3-2-4-6-10/h2-6H,7-8H2,1H3,(H,21,24). The molecule has 0 saturated heterocycles. The molecule has 3 aromatic rings. The fourth-order valence-corrected chi connectivity index (χ4v) is 3.19. The van der Waals surface area contributed by atoms with Gasteiger partial charge in [0.2, 0.25) is 5.91 Å². The van der Waals surface area contributed by atoms with E-state index in [0.717, 1.165) is 10.2 Å². The highest BCUT2D eigenvalue weighted by Gasteiger charge is 2.31. The van der Waals surface area contributed by atoms with Gasteiger partial charge in [0, 0.05) is 0 Å². The van der Waals surface area contributed by atoms with Gasteiger partial charge in [0.25, 0.3) is 5.56 Å². The van der Waals surface area contributed by atoms with E-state index in [9.17, 15) is 22.8 Å². The molecule has 0 bridgehead atoms. The quantitative estimate of drug-likeness (QED) is 0.753. The Morgan fingerprint density at radius 1 is 1.27 bits per heavy atom. The van der Waals surface area contributed by atoms with Crippen LogP contribution >= 0.6 is 11.5 Å². The second kappa shape index (κ2) is 6.87. The summed E-state index contributed by atoms with van der Waals surface area (Å²) >= 11 is 0.638. The topological polar surface area (TPSA) is 76.9 Å². The van der Waals surface area contributed by atoms with Crippen molar-refractivity contribution in [2.45, 2.75) is 25.9 Å². The van der Waals surface area contributed by atoms with E-state index < -0.39 is 24.1 Å². The number of fused-ring (bicyclic) bond motifs is 1. The van der Waals surface area contributed by atoms with Gasteiger partial charge < -0.3 is 0 Å². The van der Waals surface area contributed by atoms with Crippen molar-refractivity contribution >= 4 is 27.7 Å². The lowest BCUT2D eigenvalue weighted by Crippen LogP contribution is -2.36. The van der Waals surface area contributed by atoms with Crippen molar-refractivity contribution in [1.82, 2.24) is 14.0 Å². The molecule has 3 rings (SSSR count). The molecule has 0 aliphatic rings. The number of nitrogens with one attached hydrogen (secondary N) is 1. The first-order chi connectivity index (χ1) is 12.2. The molecule has 6 nitrogen and oxygen atoms in total. The maximum absolute atomic E-state index is 12.6. The first kappa shape index (κ1) is 18.1. The third-order valence-corrected chi connectivity index (χ3v) is 4.40. The summed E-state index contributed by atoms with van der Waals surface area (Å²) in [5, 5.41) is 0. The van der Waals surface area contributed by atoms with Gasteiger partial charge in [-0.05, 0) is 24.0 Å². The summed E-state index contributed by atoms with van der Waals surface area (Å²) in [4.78, 5) is 28.7. The lowest BCUT2D eigenvalue weighted by Gasteiger charge is -2.11. The molecule has 26 heavy (non-hydrogen) atoms. The van der Waals surface area contributed by atoms with Crippen LogP contribution in [0.5, 0.6) is 0 Å². The van der Waals surface area contributed by atoms with Crippen molar-refractivity contribution in [2.75, 3.05) is 5.43 Å². The number of halogens is 3. The molecular formula is C16H13F3N4O2S. The molecule has 0 spiro atoms. The van der Waals surface area contributed by atoms with E-state index in [1.165, 1.54) is 6.92 Å². The van der Waals surface area contributed by atoms with Crippen molar-refractivity contribution < 1.29 is 18.0 Å². The van der Waals surface area contributed by atoms with Gasteiger partial charge in [0.05, 0.1) is 18.5 Å². The number of aryl methyl sites for hydroxylation is 1. The van der Waals surface area contributed by atoms with Gasteiger partial charge in [-0.15, -0.1) is 0 Å². The van der Waals surface area contributed by atoms with Crippen molar-refractivity contribution in [3.05, 3.63) is 57.8 Å². The highest BCUT2D eigenvalue weighted by molar-refractivity contribution is 7.13. The first-order valence-electron chi connectivity index (χ1n) is 7.53. The summed E-state index contributed by atoms with van der Waals surface area (Å²) in [6, 6.07) is 8.92. The SMILES string of the molecule is Cc1nc2c(CC(F)(F)F)nsc2c(=O)n1NC(=O)Cc1ccccc1. The van der Waals surface area contributed by atoms with E-state index in [1.54, 1.807) is 24.3 Å². The number of aromatic nitrogens is 3. The molecule has 1 amide bonds. The molecule has 2 aromatic heterocycles. The van der Waals surface area contributed by atoms with Crippen LogP contribution in [0.15, 0.2) is 35.1 Å². The van der Waals surface area contributed by atoms with Gasteiger partial charge in [-0.1, -0.05) is 30.3 Å². The average molecular weight is 382 g/mol. The molecule has 0 aliphatic carbocycles. The van der Waals surface area contributed by atoms with Crippen LogP contribution in [0.2, 0.25) is 0 Å². The zero-order valence-electron chi connectivity index (χ0n) is 13.5. The maximum atomic E-state index is 12.6. The van der Waals surface area contributed by atoms with E-state index in [0.29, 0.717) is 11.5 Å². The Bertz CT molecular complexity index is 1010. The molecule has 1 aromatic carbocycles. The second-order valence-electron chi connectivity index (χ2n) is 5.60. The summed E-state index contributed by atoms with van der Waals surface area (Å²) in [5.41, 5.74) is 2.17. The molecule has 2 heterocycles. The number of hydrogen-bond donors (Lipinski definition) is 1. The summed E-state index contributed by atoms with van der Waals surface area (Å²) in [5.74, 6) is -0.366. The Morgan fingerprint density at radius 3 is 2.62 bits per heavy atom. The molecule has 0 saturated carbocycles. The Hall–Kier alpha value is -2.75. The smallest absolute Gasteiger partial charge is 0.273 e. The van der Waals surface area contributed by atoms with Crippen LogP contribution in [0.3, 0.4) is 0 Å². The second-order valence-corrected chi connectivity index (χ2v) is 6.37. The predicted molar refractivity (Wildman–Crippen MR) is 90.7 cm³/mol. The molecule has 10 heteroatoms. The van der Waals surface area contributed by atoms with Crippen molar-refractivity contribution in [3.63, 3.8) is 0 Å². The first-order valence-corrected chi connectivity index (χ1v) is 8.30. The van der Waals surface area contributed by atoms with E-state index >= 15 is 0 Å². The van der Waals surface area contributed by atoms with Crippen molar-refractivity contribution in [3.8, 4) is 0 Å². The van der Waals surface area contributed by atoms with Crippen molar-refractivity contribution in [1.29, 1.82) is 0 Å². The van der Waals surface area contributed by atoms with Crippen LogP contribution in [0.25, 0.3) is 10.2 Å². The van der Waals surface area contributed by atoms with Gasteiger partial charge in [0.15, 0.2) is 0 Å². The minimum absolute atomic E-state index is 0.0325. The highest BCUT2D eigenvalue weighted by atomic mass is 32.1. The predicted octanol–water partition coefficient (Wildman–Crippen LogP) is 2.58. The number of alkyl halides is 3. The summed E-state index contributed by atoms with van der Waals surface area (Å²) in [6.07, 6.45) is -5.66. The van der Waals surface area contributed by atoms with Gasteiger partial charge in [-0.25, -0.2) is 9.66 Å². The van der Waals surface area contributed by atoms with E-state index in [1.807, 2.05) is 6.07 Å². The van der Waals surface area contributed by atoms with Crippen LogP contribution in [0.4, 0.5) is 13.2 Å². The Balaban J connectivity index is 1.90. The normalized spacial score (nSPS) is 11.7. The summed E-state index contributed by atoms with van der Waals surface area (Å²) in [7, 11) is 0. The van der Waals surface area contributed by atoms with Crippen LogP contribution < -0.4 is 11.0 Å². The lowest BCUT2D eigenvalue weighted by atomic mass is 10.1. The van der Waals surface area contributed by atoms with Crippen molar-refractivity contribution in [2.24, 2.45) is 0 Å². The van der Waals surface area contributed by atoms with E-state index in [2.05, 4.69) is 14.8 Å². The van der Waals surface area contributed by atoms with Gasteiger partial charge >= 0.3 is 6.18 Å². The van der Waals surface area contributed by atoms with E-state index in [4.69, 9.17) is 0 Å².